The molecule has 3 rings (SSSR count). The molecule has 0 saturated carbocycles. The molecule has 130 valence electrons. The Morgan fingerprint density at radius 1 is 1.20 bits per heavy atom. The summed E-state index contributed by atoms with van der Waals surface area (Å²) in [5.41, 5.74) is 2.80. The minimum absolute atomic E-state index is 0.148. The molecule has 3 aromatic rings. The van der Waals surface area contributed by atoms with Gasteiger partial charge in [0.2, 0.25) is 0 Å². The minimum Gasteiger partial charge on any atom is -0.350 e. The smallest absolute Gasteiger partial charge is 0.271 e. The Balaban J connectivity index is 1.59. The SMILES string of the molecule is CCn1ccc(C(=O)NCCc2ncc(C)n2Cc2ccccc2)n1. The van der Waals surface area contributed by atoms with Crippen LogP contribution in [0.4, 0.5) is 0 Å². The third kappa shape index (κ3) is 4.15. The van der Waals surface area contributed by atoms with Gasteiger partial charge >= 0.3 is 0 Å². The zero-order valence-corrected chi connectivity index (χ0v) is 14.6. The monoisotopic (exact) mass is 337 g/mol. The highest BCUT2D eigenvalue weighted by molar-refractivity contribution is 5.92. The maximum atomic E-state index is 12.1. The molecule has 25 heavy (non-hydrogen) atoms. The molecule has 1 N–H and O–H groups in total. The van der Waals surface area contributed by atoms with Crippen molar-refractivity contribution in [2.75, 3.05) is 6.54 Å². The van der Waals surface area contributed by atoms with Crippen LogP contribution in [0.2, 0.25) is 0 Å². The number of amides is 1. The van der Waals surface area contributed by atoms with Crippen molar-refractivity contribution in [1.29, 1.82) is 0 Å². The molecule has 0 aliphatic rings. The summed E-state index contributed by atoms with van der Waals surface area (Å²) in [5.74, 6) is 0.825. The summed E-state index contributed by atoms with van der Waals surface area (Å²) in [5, 5.41) is 7.13. The Kier molecular flexibility index (Phi) is 5.28. The standard InChI is InChI=1S/C19H23N5O/c1-3-23-12-10-17(22-23)19(25)20-11-9-18-21-13-15(2)24(18)14-16-7-5-4-6-8-16/h4-8,10,12-13H,3,9,11,14H2,1-2H3,(H,20,25). The van der Waals surface area contributed by atoms with Crippen molar-refractivity contribution in [2.45, 2.75) is 33.4 Å². The lowest BCUT2D eigenvalue weighted by molar-refractivity contribution is 0.0948. The summed E-state index contributed by atoms with van der Waals surface area (Å²) in [7, 11) is 0. The number of carbonyl (C=O) groups excluding carboxylic acids is 1. The van der Waals surface area contributed by atoms with E-state index >= 15 is 0 Å². The van der Waals surface area contributed by atoms with E-state index in [9.17, 15) is 4.79 Å². The third-order valence-corrected chi connectivity index (χ3v) is 4.15. The van der Waals surface area contributed by atoms with Crippen LogP contribution >= 0.6 is 0 Å². The number of rotatable bonds is 7. The van der Waals surface area contributed by atoms with Gasteiger partial charge in [-0.2, -0.15) is 5.10 Å². The molecule has 0 aliphatic heterocycles. The van der Waals surface area contributed by atoms with E-state index in [-0.39, 0.29) is 5.91 Å². The highest BCUT2D eigenvalue weighted by atomic mass is 16.1. The molecule has 1 aromatic carbocycles. The molecule has 0 atom stereocenters. The molecule has 0 radical (unpaired) electrons. The lowest BCUT2D eigenvalue weighted by Gasteiger charge is -2.10. The van der Waals surface area contributed by atoms with Crippen LogP contribution < -0.4 is 5.32 Å². The summed E-state index contributed by atoms with van der Waals surface area (Å²) in [6.45, 7) is 6.11. The molecule has 1 amide bonds. The van der Waals surface area contributed by atoms with Crippen molar-refractivity contribution in [3.8, 4) is 0 Å². The number of carbonyl (C=O) groups is 1. The van der Waals surface area contributed by atoms with Gasteiger partial charge in [0.25, 0.3) is 5.91 Å². The zero-order chi connectivity index (χ0) is 17.6. The van der Waals surface area contributed by atoms with Crippen LogP contribution in [0.1, 0.15) is 34.5 Å². The van der Waals surface area contributed by atoms with Gasteiger partial charge < -0.3 is 9.88 Å². The summed E-state index contributed by atoms with van der Waals surface area (Å²) in [6, 6.07) is 12.0. The van der Waals surface area contributed by atoms with E-state index < -0.39 is 0 Å². The summed E-state index contributed by atoms with van der Waals surface area (Å²) < 4.78 is 3.93. The molecular formula is C19H23N5O. The normalized spacial score (nSPS) is 10.8. The van der Waals surface area contributed by atoms with Gasteiger partial charge in [-0.25, -0.2) is 4.98 Å². The van der Waals surface area contributed by atoms with E-state index in [1.54, 1.807) is 10.7 Å². The predicted octanol–water partition coefficient (Wildman–Crippen LogP) is 2.43. The van der Waals surface area contributed by atoms with Gasteiger partial charge in [0.15, 0.2) is 0 Å². The van der Waals surface area contributed by atoms with Crippen molar-refractivity contribution < 1.29 is 4.79 Å². The maximum absolute atomic E-state index is 12.1. The van der Waals surface area contributed by atoms with E-state index in [1.165, 1.54) is 5.56 Å². The summed E-state index contributed by atoms with van der Waals surface area (Å²) in [6.07, 6.45) is 4.37. The van der Waals surface area contributed by atoms with Crippen molar-refractivity contribution in [3.05, 3.63) is 71.6 Å². The number of aryl methyl sites for hydroxylation is 2. The third-order valence-electron chi connectivity index (χ3n) is 4.15. The number of hydrogen-bond acceptors (Lipinski definition) is 3. The van der Waals surface area contributed by atoms with Crippen LogP contribution in [0.5, 0.6) is 0 Å². The molecule has 2 heterocycles. The maximum Gasteiger partial charge on any atom is 0.271 e. The van der Waals surface area contributed by atoms with Crippen LogP contribution in [0, 0.1) is 6.92 Å². The van der Waals surface area contributed by atoms with E-state index in [2.05, 4.69) is 39.0 Å². The summed E-state index contributed by atoms with van der Waals surface area (Å²) in [4.78, 5) is 16.6. The largest absolute Gasteiger partial charge is 0.350 e. The second kappa shape index (κ2) is 7.79. The number of nitrogens with one attached hydrogen (secondary N) is 1. The average Bonchev–Trinajstić information content (AvgIpc) is 3.24. The average molecular weight is 337 g/mol. The Morgan fingerprint density at radius 3 is 2.72 bits per heavy atom. The van der Waals surface area contributed by atoms with E-state index in [0.717, 1.165) is 24.6 Å². The van der Waals surface area contributed by atoms with Gasteiger partial charge in [0, 0.05) is 44.1 Å². The van der Waals surface area contributed by atoms with Gasteiger partial charge in [-0.15, -0.1) is 0 Å². The van der Waals surface area contributed by atoms with Crippen LogP contribution in [0.25, 0.3) is 0 Å². The summed E-state index contributed by atoms with van der Waals surface area (Å²) >= 11 is 0. The fourth-order valence-electron chi connectivity index (χ4n) is 2.73. The van der Waals surface area contributed by atoms with Crippen molar-refractivity contribution >= 4 is 5.91 Å². The van der Waals surface area contributed by atoms with E-state index in [1.807, 2.05) is 37.5 Å². The molecule has 0 fully saturated rings. The second-order valence-electron chi connectivity index (χ2n) is 5.95. The van der Waals surface area contributed by atoms with Gasteiger partial charge in [0.05, 0.1) is 0 Å². The quantitative estimate of drug-likeness (QED) is 0.720. The first-order valence-electron chi connectivity index (χ1n) is 8.54. The first-order chi connectivity index (χ1) is 12.2. The second-order valence-corrected chi connectivity index (χ2v) is 5.95. The fraction of sp³-hybridized carbons (Fsp3) is 0.316. The molecular weight excluding hydrogens is 314 g/mol. The number of benzene rings is 1. The van der Waals surface area contributed by atoms with Gasteiger partial charge in [0.1, 0.15) is 11.5 Å². The number of imidazole rings is 1. The Hall–Kier alpha value is -2.89. The van der Waals surface area contributed by atoms with Crippen LogP contribution in [-0.4, -0.2) is 31.8 Å². The highest BCUT2D eigenvalue weighted by Gasteiger charge is 2.11. The van der Waals surface area contributed by atoms with Crippen LogP contribution in [0.3, 0.4) is 0 Å². The first-order valence-corrected chi connectivity index (χ1v) is 8.54. The van der Waals surface area contributed by atoms with E-state index in [4.69, 9.17) is 0 Å². The van der Waals surface area contributed by atoms with Gasteiger partial charge in [-0.1, -0.05) is 30.3 Å². The minimum atomic E-state index is -0.148. The zero-order valence-electron chi connectivity index (χ0n) is 14.6. The molecule has 0 saturated heterocycles. The highest BCUT2D eigenvalue weighted by Crippen LogP contribution is 2.10. The lowest BCUT2D eigenvalue weighted by Crippen LogP contribution is -2.27. The number of aromatic nitrogens is 4. The van der Waals surface area contributed by atoms with Crippen LogP contribution in [0.15, 0.2) is 48.8 Å². The number of nitrogens with zero attached hydrogens (tertiary/aromatic N) is 4. The fourth-order valence-corrected chi connectivity index (χ4v) is 2.73. The predicted molar refractivity (Wildman–Crippen MR) is 96.4 cm³/mol. The Labute approximate surface area is 147 Å². The van der Waals surface area contributed by atoms with Crippen molar-refractivity contribution in [1.82, 2.24) is 24.6 Å². The Bertz CT molecular complexity index is 835. The van der Waals surface area contributed by atoms with Gasteiger partial charge in [-0.05, 0) is 25.5 Å². The molecule has 0 unspecified atom stereocenters. The Morgan fingerprint density at radius 2 is 2.00 bits per heavy atom. The molecule has 6 heteroatoms. The molecule has 6 nitrogen and oxygen atoms in total. The van der Waals surface area contributed by atoms with Gasteiger partial charge in [-0.3, -0.25) is 9.48 Å². The van der Waals surface area contributed by atoms with Crippen LogP contribution in [-0.2, 0) is 19.5 Å². The first kappa shape index (κ1) is 17.0. The molecule has 0 aliphatic carbocycles. The molecule has 0 bridgehead atoms. The van der Waals surface area contributed by atoms with Crippen molar-refractivity contribution in [2.24, 2.45) is 0 Å². The number of hydrogen-bond donors (Lipinski definition) is 1. The lowest BCUT2D eigenvalue weighted by atomic mass is 10.2. The topological polar surface area (TPSA) is 64.7 Å². The molecule has 2 aromatic heterocycles. The van der Waals surface area contributed by atoms with Crippen molar-refractivity contribution in [3.63, 3.8) is 0 Å². The van der Waals surface area contributed by atoms with E-state index in [0.29, 0.717) is 18.7 Å². The molecule has 0 spiro atoms.